The van der Waals surface area contributed by atoms with Crippen LogP contribution in [0, 0.1) is 24.0 Å². The fourth-order valence-electron chi connectivity index (χ4n) is 2.84. The predicted octanol–water partition coefficient (Wildman–Crippen LogP) is 1.06. The molecule has 114 valence electrons. The second kappa shape index (κ2) is 5.69. The third-order valence-electron chi connectivity index (χ3n) is 3.99. The van der Waals surface area contributed by atoms with Crippen LogP contribution in [0.5, 0.6) is 0 Å². The van der Waals surface area contributed by atoms with E-state index in [2.05, 4.69) is 9.80 Å². The number of hydrogen-bond donors (Lipinski definition) is 1. The lowest BCUT2D eigenvalue weighted by molar-refractivity contribution is -0.386. The number of rotatable bonds is 3. The van der Waals surface area contributed by atoms with Gasteiger partial charge in [-0.15, -0.1) is 0 Å². The Morgan fingerprint density at radius 2 is 1.86 bits per heavy atom. The Labute approximate surface area is 123 Å². The summed E-state index contributed by atoms with van der Waals surface area (Å²) in [6.07, 6.45) is 0. The van der Waals surface area contributed by atoms with Crippen molar-refractivity contribution in [3.8, 4) is 0 Å². The molecule has 1 aromatic carbocycles. The van der Waals surface area contributed by atoms with Crippen molar-refractivity contribution in [1.82, 2.24) is 4.90 Å². The molecule has 0 saturated carbocycles. The lowest BCUT2D eigenvalue weighted by Gasteiger charge is -2.35. The van der Waals surface area contributed by atoms with Gasteiger partial charge in [0.05, 0.1) is 16.2 Å². The van der Waals surface area contributed by atoms with Crippen molar-refractivity contribution in [3.63, 3.8) is 0 Å². The van der Waals surface area contributed by atoms with Crippen molar-refractivity contribution >= 4 is 17.3 Å². The maximum atomic E-state index is 11.8. The minimum Gasteiger partial charge on any atom is -0.368 e. The number of likely N-dealkylation sites (N-methyl/N-ethyl adjacent to an activating group) is 1. The Hall–Kier alpha value is -2.15. The molecule has 1 aromatic rings. The third kappa shape index (κ3) is 2.82. The van der Waals surface area contributed by atoms with Crippen LogP contribution in [0.4, 0.5) is 11.4 Å². The molecule has 0 spiro atoms. The van der Waals surface area contributed by atoms with Gasteiger partial charge in [0.15, 0.2) is 0 Å². The highest BCUT2D eigenvalue weighted by Gasteiger charge is 2.27. The molecule has 0 unspecified atom stereocenters. The van der Waals surface area contributed by atoms with Crippen LogP contribution in [-0.4, -0.2) is 49.0 Å². The van der Waals surface area contributed by atoms with Gasteiger partial charge in [0.25, 0.3) is 11.6 Å². The molecular weight excluding hydrogens is 272 g/mol. The summed E-state index contributed by atoms with van der Waals surface area (Å²) < 4.78 is 0. The van der Waals surface area contributed by atoms with Gasteiger partial charge in [0.2, 0.25) is 0 Å². The molecular formula is C14H20N4O3. The van der Waals surface area contributed by atoms with E-state index >= 15 is 0 Å². The largest absolute Gasteiger partial charge is 0.368 e. The number of aryl methyl sites for hydroxylation is 1. The number of carbonyl (C=O) groups is 1. The quantitative estimate of drug-likeness (QED) is 0.664. The zero-order valence-electron chi connectivity index (χ0n) is 12.5. The number of amides is 1. The molecule has 0 aliphatic carbocycles. The van der Waals surface area contributed by atoms with E-state index in [4.69, 9.17) is 5.73 Å². The summed E-state index contributed by atoms with van der Waals surface area (Å²) >= 11 is 0. The van der Waals surface area contributed by atoms with Gasteiger partial charge >= 0.3 is 0 Å². The van der Waals surface area contributed by atoms with E-state index in [-0.39, 0.29) is 11.3 Å². The standard InChI is InChI=1S/C14H20N4O3/c1-9-8-11(17-6-4-16(3)5-7-17)12(14(15)19)10(2)13(9)18(20)21/h8H,4-7H2,1-3H3,(H2,15,19). The second-order valence-corrected chi connectivity index (χ2v) is 5.47. The highest BCUT2D eigenvalue weighted by molar-refractivity contribution is 6.01. The van der Waals surface area contributed by atoms with Crippen molar-refractivity contribution < 1.29 is 9.72 Å². The van der Waals surface area contributed by atoms with Crippen LogP contribution in [0.25, 0.3) is 0 Å². The van der Waals surface area contributed by atoms with Gasteiger partial charge in [-0.25, -0.2) is 0 Å². The molecule has 0 radical (unpaired) electrons. The van der Waals surface area contributed by atoms with Crippen LogP contribution in [-0.2, 0) is 0 Å². The number of anilines is 1. The van der Waals surface area contributed by atoms with Gasteiger partial charge in [0.1, 0.15) is 0 Å². The summed E-state index contributed by atoms with van der Waals surface area (Å²) in [6, 6.07) is 1.70. The molecule has 21 heavy (non-hydrogen) atoms. The van der Waals surface area contributed by atoms with Crippen molar-refractivity contribution in [2.75, 3.05) is 38.1 Å². The van der Waals surface area contributed by atoms with Crippen molar-refractivity contribution in [3.05, 3.63) is 32.9 Å². The van der Waals surface area contributed by atoms with Crippen LogP contribution in [0.1, 0.15) is 21.5 Å². The first-order valence-corrected chi connectivity index (χ1v) is 6.84. The first-order chi connectivity index (χ1) is 9.82. The maximum Gasteiger partial charge on any atom is 0.276 e. The monoisotopic (exact) mass is 292 g/mol. The maximum absolute atomic E-state index is 11.8. The number of nitro groups is 1. The molecule has 1 amide bonds. The molecule has 0 bridgehead atoms. The fraction of sp³-hybridized carbons (Fsp3) is 0.500. The van der Waals surface area contributed by atoms with Crippen LogP contribution in [0.3, 0.4) is 0 Å². The Morgan fingerprint density at radius 1 is 1.29 bits per heavy atom. The summed E-state index contributed by atoms with van der Waals surface area (Å²) in [7, 11) is 2.04. The normalized spacial score (nSPS) is 16.0. The average Bonchev–Trinajstić information content (AvgIpc) is 2.37. The van der Waals surface area contributed by atoms with E-state index in [0.29, 0.717) is 16.8 Å². The Morgan fingerprint density at radius 3 is 2.33 bits per heavy atom. The van der Waals surface area contributed by atoms with Crippen molar-refractivity contribution in [1.29, 1.82) is 0 Å². The highest BCUT2D eigenvalue weighted by Crippen LogP contribution is 2.34. The Kier molecular flexibility index (Phi) is 4.13. The summed E-state index contributed by atoms with van der Waals surface area (Å²) in [5, 5.41) is 11.2. The van der Waals surface area contributed by atoms with E-state index in [1.807, 2.05) is 7.05 Å². The van der Waals surface area contributed by atoms with Crippen LogP contribution in [0.15, 0.2) is 6.07 Å². The van der Waals surface area contributed by atoms with Gasteiger partial charge in [-0.05, 0) is 27.0 Å². The van der Waals surface area contributed by atoms with Gasteiger partial charge in [-0.1, -0.05) is 0 Å². The number of nitro benzene ring substituents is 1. The van der Waals surface area contributed by atoms with Gasteiger partial charge in [0, 0.05) is 37.3 Å². The summed E-state index contributed by atoms with van der Waals surface area (Å²) in [5.41, 5.74) is 7.31. The van der Waals surface area contributed by atoms with Crippen molar-refractivity contribution in [2.45, 2.75) is 13.8 Å². The number of carbonyl (C=O) groups excluding carboxylic acids is 1. The average molecular weight is 292 g/mol. The minimum absolute atomic E-state index is 0.0262. The molecule has 1 saturated heterocycles. The van der Waals surface area contributed by atoms with E-state index in [1.54, 1.807) is 19.9 Å². The number of nitrogens with zero attached hydrogens (tertiary/aromatic N) is 3. The molecule has 0 aromatic heterocycles. The lowest BCUT2D eigenvalue weighted by Crippen LogP contribution is -2.45. The summed E-state index contributed by atoms with van der Waals surface area (Å²) in [5.74, 6) is -0.621. The predicted molar refractivity (Wildman–Crippen MR) is 80.8 cm³/mol. The van der Waals surface area contributed by atoms with E-state index in [0.717, 1.165) is 26.2 Å². The Bertz CT molecular complexity index is 592. The first kappa shape index (κ1) is 15.2. The number of primary amides is 1. The lowest BCUT2D eigenvalue weighted by atomic mass is 9.98. The molecule has 1 aliphatic rings. The van der Waals surface area contributed by atoms with Gasteiger partial charge in [-0.3, -0.25) is 14.9 Å². The smallest absolute Gasteiger partial charge is 0.276 e. The number of piperazine rings is 1. The molecule has 1 fully saturated rings. The molecule has 0 atom stereocenters. The number of hydrogen-bond acceptors (Lipinski definition) is 5. The zero-order chi connectivity index (χ0) is 15.7. The van der Waals surface area contributed by atoms with Gasteiger partial charge in [-0.2, -0.15) is 0 Å². The first-order valence-electron chi connectivity index (χ1n) is 6.84. The molecule has 1 aliphatic heterocycles. The van der Waals surface area contributed by atoms with Gasteiger partial charge < -0.3 is 15.5 Å². The molecule has 1 heterocycles. The molecule has 7 nitrogen and oxygen atoms in total. The fourth-order valence-corrected chi connectivity index (χ4v) is 2.84. The summed E-state index contributed by atoms with van der Waals surface area (Å²) in [6.45, 7) is 6.59. The third-order valence-corrected chi connectivity index (χ3v) is 3.99. The van der Waals surface area contributed by atoms with Crippen LogP contribution < -0.4 is 10.6 Å². The number of nitrogens with two attached hydrogens (primary N) is 1. The van der Waals surface area contributed by atoms with Crippen LogP contribution >= 0.6 is 0 Å². The highest BCUT2D eigenvalue weighted by atomic mass is 16.6. The molecule has 2 N–H and O–H groups in total. The molecule has 7 heteroatoms. The Balaban J connectivity index is 2.55. The van der Waals surface area contributed by atoms with E-state index in [1.165, 1.54) is 0 Å². The number of benzene rings is 1. The molecule has 2 rings (SSSR count). The van der Waals surface area contributed by atoms with E-state index < -0.39 is 10.8 Å². The summed E-state index contributed by atoms with van der Waals surface area (Å²) in [4.78, 5) is 26.8. The second-order valence-electron chi connectivity index (χ2n) is 5.47. The SMILES string of the molecule is Cc1cc(N2CCN(C)CC2)c(C(N)=O)c(C)c1[N+](=O)[O-]. The van der Waals surface area contributed by atoms with E-state index in [9.17, 15) is 14.9 Å². The minimum atomic E-state index is -0.621. The van der Waals surface area contributed by atoms with Crippen molar-refractivity contribution in [2.24, 2.45) is 5.73 Å². The zero-order valence-corrected chi connectivity index (χ0v) is 12.5. The van der Waals surface area contributed by atoms with Crippen LogP contribution in [0.2, 0.25) is 0 Å². The topological polar surface area (TPSA) is 92.7 Å².